The molecule has 0 spiro atoms. The Labute approximate surface area is 376 Å². The van der Waals surface area contributed by atoms with Crippen molar-refractivity contribution in [2.45, 2.75) is 0 Å². The van der Waals surface area contributed by atoms with Gasteiger partial charge in [0.1, 0.15) is 11.2 Å². The van der Waals surface area contributed by atoms with E-state index in [4.69, 9.17) is 33.2 Å². The number of hydrogen-bond donors (Lipinski definition) is 0. The molecule has 0 fully saturated rings. The summed E-state index contributed by atoms with van der Waals surface area (Å²) in [6.07, 6.45) is 0. The van der Waals surface area contributed by atoms with Crippen molar-refractivity contribution in [3.8, 4) is 44.8 Å². The number of para-hydroxylation sites is 4. The molecule has 3 aromatic heterocycles. The second kappa shape index (κ2) is 12.5. The fourth-order valence-electron chi connectivity index (χ4n) is 6.90. The van der Waals surface area contributed by atoms with Crippen LogP contribution in [0.5, 0.6) is 0 Å². The average Bonchev–Trinajstić information content (AvgIpc) is 1.56. The minimum absolute atomic E-state index is 0.530. The van der Waals surface area contributed by atoms with Crippen molar-refractivity contribution in [2.24, 2.45) is 0 Å². The zero-order valence-electron chi connectivity index (χ0n) is 62.3. The average molecular weight is 761 g/mol. The molecule has 3 nitrogen and oxygen atoms in total. The highest BCUT2D eigenvalue weighted by Crippen LogP contribution is 2.43. The third kappa shape index (κ3) is 4.86. The summed E-state index contributed by atoms with van der Waals surface area (Å²) in [7, 11) is 0. The van der Waals surface area contributed by atoms with Gasteiger partial charge in [-0.25, -0.2) is 0 Å². The quantitative estimate of drug-likeness (QED) is 0.171. The lowest BCUT2D eigenvalue weighted by atomic mass is 9.98. The third-order valence-corrected chi connectivity index (χ3v) is 9.24. The van der Waals surface area contributed by atoms with Crippen molar-refractivity contribution < 1.29 is 51.0 Å². The SMILES string of the molecule is [2H]c1c([2H])c([2H])c(-c2c([2H])c([2H])c([2H])c([2H])c2-n2c3c([2H])c([2H])c([2H])c([2H])c3c3c([2H])c(-c4c([2H])c([2H])c5c(c4[2H])c4c([2H])c([2H])c([2H])c([2H])c4n5-c4c([2H])c(-c5c([2H])c([2H])c([2H])c([2H])c5[2H])c5c(oc6c([2H])c([2H])c([2H])c([2H])c65)c4[2H])c([2H])c([2H])c32)c([2H])c1[2H]. The van der Waals surface area contributed by atoms with Gasteiger partial charge < -0.3 is 13.6 Å². The van der Waals surface area contributed by atoms with Crippen LogP contribution in [-0.4, -0.2) is 9.13 Å². The smallest absolute Gasteiger partial charge is 0.138 e. The van der Waals surface area contributed by atoms with Gasteiger partial charge in [0.2, 0.25) is 0 Å². The van der Waals surface area contributed by atoms with Gasteiger partial charge in [-0.1, -0.05) is 145 Å². The van der Waals surface area contributed by atoms with Crippen molar-refractivity contribution in [3.63, 3.8) is 0 Å². The predicted molar refractivity (Wildman–Crippen MR) is 239 cm³/mol. The fourth-order valence-corrected chi connectivity index (χ4v) is 6.90. The topological polar surface area (TPSA) is 23.0 Å². The van der Waals surface area contributed by atoms with Crippen molar-refractivity contribution in [2.75, 3.05) is 0 Å². The maximum Gasteiger partial charge on any atom is 0.138 e. The van der Waals surface area contributed by atoms with Crippen LogP contribution in [0.4, 0.5) is 0 Å². The number of rotatable bonds is 5. The van der Waals surface area contributed by atoms with Crippen LogP contribution in [-0.2, 0) is 0 Å². The van der Waals surface area contributed by atoms with E-state index in [2.05, 4.69) is 0 Å². The maximum atomic E-state index is 10.1. The summed E-state index contributed by atoms with van der Waals surface area (Å²) in [5.74, 6) is 0. The largest absolute Gasteiger partial charge is 0.456 e. The molecule has 9 aromatic carbocycles. The van der Waals surface area contributed by atoms with E-state index >= 15 is 0 Å². The first-order chi connectivity index (χ1) is 42.4. The van der Waals surface area contributed by atoms with Gasteiger partial charge in [-0.05, 0) is 82.2 Å². The Hall–Kier alpha value is -7.62. The molecule has 266 valence electrons. The highest BCUT2D eigenvalue weighted by Gasteiger charge is 2.20. The first-order valence-corrected chi connectivity index (χ1v) is 16.7. The molecule has 3 heterocycles. The summed E-state index contributed by atoms with van der Waals surface area (Å²) in [6, 6.07) is -34.0. The van der Waals surface area contributed by atoms with Crippen LogP contribution in [0.25, 0.3) is 110 Å². The zero-order valence-corrected chi connectivity index (χ0v) is 28.3. The van der Waals surface area contributed by atoms with Crippen LogP contribution in [0.3, 0.4) is 0 Å². The molecule has 0 aliphatic rings. The van der Waals surface area contributed by atoms with Crippen LogP contribution >= 0.6 is 0 Å². The van der Waals surface area contributed by atoms with Crippen LogP contribution < -0.4 is 0 Å². The zero-order chi connectivity index (χ0) is 67.0. The molecule has 0 radical (unpaired) electrons. The molecule has 0 unspecified atom stereocenters. The molecule has 0 N–H and O–H groups in total. The molecule has 12 rings (SSSR count). The second-order valence-corrected chi connectivity index (χ2v) is 12.3. The predicted octanol–water partition coefficient (Wildman–Crippen LogP) is 14.8. The molecule has 0 atom stereocenters. The van der Waals surface area contributed by atoms with E-state index in [-0.39, 0.29) is 0 Å². The normalized spacial score (nSPS) is 20.2. The second-order valence-electron chi connectivity index (χ2n) is 12.3. The monoisotopic (exact) mass is 760 g/mol. The van der Waals surface area contributed by atoms with Crippen molar-refractivity contribution in [1.29, 1.82) is 0 Å². The first-order valence-electron chi connectivity index (χ1n) is 33.7. The molecule has 0 saturated carbocycles. The molecule has 0 amide bonds. The van der Waals surface area contributed by atoms with Gasteiger partial charge in [0.05, 0.1) is 80.0 Å². The Morgan fingerprint density at radius 3 is 1.53 bits per heavy atom. The Morgan fingerprint density at radius 2 is 0.842 bits per heavy atom. The molecular weight excluding hydrogens is 693 g/mol. The highest BCUT2D eigenvalue weighted by molar-refractivity contribution is 6.15. The highest BCUT2D eigenvalue weighted by atomic mass is 16.3. The molecule has 12 aromatic rings. The van der Waals surface area contributed by atoms with Crippen LogP contribution in [0, 0.1) is 0 Å². The molecular formula is C54H34N2O. The Bertz CT molecular complexity index is 5470. The standard InChI is InChI=1S/C54H34N2O/c1-3-15-35(16-4-1)40-19-7-11-23-47(40)56-49-25-13-9-21-42(49)46-32-38(28-30-51(46)56)37-27-29-50-45(31-37)41-20-8-12-24-48(41)55(50)39-33-44(36-17-5-2-6-18-36)54-43-22-10-14-26-52(43)57-53(54)34-39/h1-34H/i1D,2D,3D,4D,5D,6D,7D,8D,9D,10D,11D,12D,13D,14D,15D,16D,17D,18D,19D,20D,21D,22D,23D,24D,25D,26D,27D,28D,29D,30D,31D,32D,33D,34D. The fraction of sp³-hybridized carbons (Fsp3) is 0. The molecule has 3 heteroatoms. The van der Waals surface area contributed by atoms with Gasteiger partial charge >= 0.3 is 0 Å². The number of benzene rings is 9. The summed E-state index contributed by atoms with van der Waals surface area (Å²) in [5.41, 5.74) is -11.5. The summed E-state index contributed by atoms with van der Waals surface area (Å²) >= 11 is 0. The van der Waals surface area contributed by atoms with Crippen molar-refractivity contribution in [3.05, 3.63) is 205 Å². The molecule has 57 heavy (non-hydrogen) atoms. The van der Waals surface area contributed by atoms with E-state index in [0.717, 1.165) is 0 Å². The third-order valence-electron chi connectivity index (χ3n) is 9.24. The van der Waals surface area contributed by atoms with Crippen LogP contribution in [0.2, 0.25) is 0 Å². The van der Waals surface area contributed by atoms with E-state index < -0.39 is 316 Å². The number of aromatic nitrogens is 2. The van der Waals surface area contributed by atoms with E-state index in [9.17, 15) is 17.8 Å². The number of hydrogen-bond acceptors (Lipinski definition) is 1. The summed E-state index contributed by atoms with van der Waals surface area (Å²) < 4.78 is 317. The lowest BCUT2D eigenvalue weighted by molar-refractivity contribution is 0.668. The van der Waals surface area contributed by atoms with Crippen LogP contribution in [0.15, 0.2) is 210 Å². The summed E-state index contributed by atoms with van der Waals surface area (Å²) in [6.45, 7) is 0. The van der Waals surface area contributed by atoms with Gasteiger partial charge in [-0.3, -0.25) is 0 Å². The van der Waals surface area contributed by atoms with Gasteiger partial charge in [-0.15, -0.1) is 0 Å². The van der Waals surface area contributed by atoms with Gasteiger partial charge in [-0.2, -0.15) is 0 Å². The molecule has 0 aliphatic heterocycles. The molecule has 0 aliphatic carbocycles. The number of fused-ring (bicyclic) bond motifs is 9. The minimum Gasteiger partial charge on any atom is -0.456 e. The summed E-state index contributed by atoms with van der Waals surface area (Å²) in [5, 5.41) is -3.99. The Morgan fingerprint density at radius 1 is 0.333 bits per heavy atom. The van der Waals surface area contributed by atoms with Crippen LogP contribution in [0.1, 0.15) is 46.6 Å². The van der Waals surface area contributed by atoms with Gasteiger partial charge in [0.15, 0.2) is 0 Å². The van der Waals surface area contributed by atoms with Crippen molar-refractivity contribution >= 4 is 65.6 Å². The summed E-state index contributed by atoms with van der Waals surface area (Å²) in [4.78, 5) is 0. The molecule has 0 bridgehead atoms. The maximum absolute atomic E-state index is 10.1. The lowest BCUT2D eigenvalue weighted by Gasteiger charge is -2.14. The van der Waals surface area contributed by atoms with E-state index in [0.29, 0.717) is 9.13 Å². The molecule has 0 saturated heterocycles. The Balaban J connectivity index is 1.29. The Kier molecular flexibility index (Phi) is 2.84. The van der Waals surface area contributed by atoms with Crippen molar-refractivity contribution in [1.82, 2.24) is 9.13 Å². The number of furan rings is 1. The van der Waals surface area contributed by atoms with E-state index in [1.807, 2.05) is 0 Å². The van der Waals surface area contributed by atoms with Gasteiger partial charge in [0, 0.05) is 43.9 Å². The van der Waals surface area contributed by atoms with E-state index in [1.165, 1.54) is 0 Å². The van der Waals surface area contributed by atoms with Gasteiger partial charge in [0.25, 0.3) is 0 Å². The minimum atomic E-state index is -1.17. The van der Waals surface area contributed by atoms with E-state index in [1.54, 1.807) is 0 Å². The first kappa shape index (κ1) is 13.0. The number of nitrogens with zero attached hydrogens (tertiary/aromatic N) is 2. The lowest BCUT2D eigenvalue weighted by Crippen LogP contribution is -1.97.